The average Bonchev–Trinajstić information content (AvgIpc) is 2.47. The van der Waals surface area contributed by atoms with E-state index in [2.05, 4.69) is 27.8 Å². The fourth-order valence-corrected chi connectivity index (χ4v) is 2.29. The highest BCUT2D eigenvalue weighted by Crippen LogP contribution is 2.26. The zero-order valence-electron chi connectivity index (χ0n) is 10.5. The number of anilines is 3. The van der Waals surface area contributed by atoms with Gasteiger partial charge < -0.3 is 10.6 Å². The van der Waals surface area contributed by atoms with Crippen molar-refractivity contribution in [2.45, 2.75) is 12.8 Å². The molecule has 4 nitrogen and oxygen atoms in total. The van der Waals surface area contributed by atoms with Crippen LogP contribution in [-0.4, -0.2) is 11.5 Å². The van der Waals surface area contributed by atoms with Gasteiger partial charge in [-0.15, -0.1) is 0 Å². The highest BCUT2D eigenvalue weighted by Gasteiger charge is 2.08. The summed E-state index contributed by atoms with van der Waals surface area (Å²) in [6, 6.07) is 12.0. The van der Waals surface area contributed by atoms with Crippen LogP contribution in [0.3, 0.4) is 0 Å². The number of aryl methyl sites for hydroxylation is 1. The SMILES string of the molecule is N#Cc1cc(Nc2ccc3c(c2)CCCN3)ccn1. The molecule has 0 amide bonds. The molecule has 4 heteroatoms. The number of hydrogen-bond donors (Lipinski definition) is 2. The summed E-state index contributed by atoms with van der Waals surface area (Å²) in [6.07, 6.45) is 3.92. The lowest BCUT2D eigenvalue weighted by molar-refractivity contribution is 0.830. The molecule has 0 fully saturated rings. The van der Waals surface area contributed by atoms with Gasteiger partial charge in [0.25, 0.3) is 0 Å². The minimum absolute atomic E-state index is 0.421. The van der Waals surface area contributed by atoms with Gasteiger partial charge in [0.05, 0.1) is 0 Å². The van der Waals surface area contributed by atoms with Crippen LogP contribution in [0, 0.1) is 11.3 Å². The smallest absolute Gasteiger partial charge is 0.142 e. The summed E-state index contributed by atoms with van der Waals surface area (Å²) >= 11 is 0. The molecule has 2 heterocycles. The number of hydrogen-bond acceptors (Lipinski definition) is 4. The third kappa shape index (κ3) is 2.50. The first-order valence-corrected chi connectivity index (χ1v) is 6.35. The normalized spacial score (nSPS) is 13.0. The van der Waals surface area contributed by atoms with Crippen molar-refractivity contribution in [3.63, 3.8) is 0 Å². The number of nitriles is 1. The average molecular weight is 250 g/mol. The minimum Gasteiger partial charge on any atom is -0.385 e. The number of pyridine rings is 1. The van der Waals surface area contributed by atoms with Crippen molar-refractivity contribution in [1.29, 1.82) is 5.26 Å². The number of nitrogens with zero attached hydrogens (tertiary/aromatic N) is 2. The third-order valence-corrected chi connectivity index (χ3v) is 3.21. The van der Waals surface area contributed by atoms with Crippen molar-refractivity contribution in [2.75, 3.05) is 17.2 Å². The lowest BCUT2D eigenvalue weighted by atomic mass is 10.0. The van der Waals surface area contributed by atoms with Gasteiger partial charge in [-0.1, -0.05) is 0 Å². The Labute approximate surface area is 112 Å². The van der Waals surface area contributed by atoms with E-state index in [0.29, 0.717) is 5.69 Å². The Morgan fingerprint density at radius 1 is 1.21 bits per heavy atom. The van der Waals surface area contributed by atoms with Crippen molar-refractivity contribution >= 4 is 17.1 Å². The van der Waals surface area contributed by atoms with Crippen LogP contribution in [0.5, 0.6) is 0 Å². The van der Waals surface area contributed by atoms with Gasteiger partial charge in [0.1, 0.15) is 11.8 Å². The lowest BCUT2D eigenvalue weighted by Gasteiger charge is -2.19. The van der Waals surface area contributed by atoms with E-state index in [0.717, 1.165) is 24.3 Å². The molecule has 3 rings (SSSR count). The molecule has 0 atom stereocenters. The molecule has 94 valence electrons. The molecular weight excluding hydrogens is 236 g/mol. The van der Waals surface area contributed by atoms with Crippen LogP contribution < -0.4 is 10.6 Å². The van der Waals surface area contributed by atoms with Crippen molar-refractivity contribution in [3.8, 4) is 6.07 Å². The molecule has 0 bridgehead atoms. The van der Waals surface area contributed by atoms with Crippen LogP contribution >= 0.6 is 0 Å². The van der Waals surface area contributed by atoms with Gasteiger partial charge in [0.2, 0.25) is 0 Å². The van der Waals surface area contributed by atoms with Gasteiger partial charge in [-0.25, -0.2) is 4.98 Å². The Balaban J connectivity index is 1.85. The zero-order chi connectivity index (χ0) is 13.1. The largest absolute Gasteiger partial charge is 0.385 e. The summed E-state index contributed by atoms with van der Waals surface area (Å²) in [5.41, 5.74) is 4.91. The second-order valence-corrected chi connectivity index (χ2v) is 4.57. The third-order valence-electron chi connectivity index (χ3n) is 3.21. The Hall–Kier alpha value is -2.54. The van der Waals surface area contributed by atoms with Gasteiger partial charge >= 0.3 is 0 Å². The van der Waals surface area contributed by atoms with Crippen LogP contribution in [0.15, 0.2) is 36.5 Å². The maximum atomic E-state index is 8.84. The molecule has 0 saturated carbocycles. The molecule has 1 aliphatic rings. The van der Waals surface area contributed by atoms with Gasteiger partial charge in [-0.05, 0) is 48.7 Å². The molecule has 2 aromatic rings. The molecule has 0 aliphatic carbocycles. The Morgan fingerprint density at radius 3 is 3.00 bits per heavy atom. The molecule has 1 aliphatic heterocycles. The Morgan fingerprint density at radius 2 is 2.11 bits per heavy atom. The van der Waals surface area contributed by atoms with Gasteiger partial charge in [0.15, 0.2) is 0 Å². The molecule has 1 aromatic heterocycles. The molecule has 0 radical (unpaired) electrons. The first-order chi connectivity index (χ1) is 9.35. The summed E-state index contributed by atoms with van der Waals surface area (Å²) in [7, 11) is 0. The predicted octanol–water partition coefficient (Wildman–Crippen LogP) is 3.05. The molecule has 2 N–H and O–H groups in total. The van der Waals surface area contributed by atoms with Crippen LogP contribution in [0.4, 0.5) is 17.1 Å². The molecule has 0 saturated heterocycles. The van der Waals surface area contributed by atoms with Crippen LogP contribution in [0.1, 0.15) is 17.7 Å². The molecular formula is C15H14N4. The van der Waals surface area contributed by atoms with Crippen molar-refractivity contribution < 1.29 is 0 Å². The Kier molecular flexibility index (Phi) is 3.03. The molecule has 1 aromatic carbocycles. The van der Waals surface area contributed by atoms with E-state index in [4.69, 9.17) is 5.26 Å². The molecule has 19 heavy (non-hydrogen) atoms. The summed E-state index contributed by atoms with van der Waals surface area (Å²) in [4.78, 5) is 3.96. The van der Waals surface area contributed by atoms with Gasteiger partial charge in [0, 0.05) is 29.8 Å². The summed E-state index contributed by atoms with van der Waals surface area (Å²) in [5, 5.41) is 15.5. The van der Waals surface area contributed by atoms with Crippen LogP contribution in [-0.2, 0) is 6.42 Å². The van der Waals surface area contributed by atoms with Crippen molar-refractivity contribution in [3.05, 3.63) is 47.8 Å². The zero-order valence-corrected chi connectivity index (χ0v) is 10.5. The Bertz CT molecular complexity index is 643. The topological polar surface area (TPSA) is 60.7 Å². The number of aromatic nitrogens is 1. The van der Waals surface area contributed by atoms with Crippen LogP contribution in [0.25, 0.3) is 0 Å². The van der Waals surface area contributed by atoms with Crippen molar-refractivity contribution in [1.82, 2.24) is 4.98 Å². The van der Waals surface area contributed by atoms with E-state index in [-0.39, 0.29) is 0 Å². The predicted molar refractivity (Wildman–Crippen MR) is 75.5 cm³/mol. The van der Waals surface area contributed by atoms with E-state index in [9.17, 15) is 0 Å². The maximum absolute atomic E-state index is 8.84. The monoisotopic (exact) mass is 250 g/mol. The summed E-state index contributed by atoms with van der Waals surface area (Å²) < 4.78 is 0. The standard InChI is InChI=1S/C15H14N4/c16-10-14-9-13(5-7-17-14)19-12-3-4-15-11(8-12)2-1-6-18-15/h3-5,7-9,18H,1-2,6H2,(H,17,19). The first-order valence-electron chi connectivity index (χ1n) is 6.35. The van der Waals surface area contributed by atoms with E-state index in [1.807, 2.05) is 18.2 Å². The quantitative estimate of drug-likeness (QED) is 0.860. The van der Waals surface area contributed by atoms with Crippen molar-refractivity contribution in [2.24, 2.45) is 0 Å². The van der Waals surface area contributed by atoms with Gasteiger partial charge in [-0.3, -0.25) is 0 Å². The number of benzene rings is 1. The molecule has 0 unspecified atom stereocenters. The second kappa shape index (κ2) is 4.99. The first kappa shape index (κ1) is 11.5. The highest BCUT2D eigenvalue weighted by atomic mass is 14.9. The maximum Gasteiger partial charge on any atom is 0.142 e. The lowest BCUT2D eigenvalue weighted by Crippen LogP contribution is -2.11. The minimum atomic E-state index is 0.421. The van der Waals surface area contributed by atoms with Crippen LogP contribution in [0.2, 0.25) is 0 Å². The van der Waals surface area contributed by atoms with E-state index < -0.39 is 0 Å². The van der Waals surface area contributed by atoms with Gasteiger partial charge in [-0.2, -0.15) is 5.26 Å². The molecule has 0 spiro atoms. The second-order valence-electron chi connectivity index (χ2n) is 4.57. The van der Waals surface area contributed by atoms with E-state index in [1.165, 1.54) is 17.7 Å². The van der Waals surface area contributed by atoms with E-state index in [1.54, 1.807) is 12.3 Å². The fraction of sp³-hybridized carbons (Fsp3) is 0.200. The number of nitrogens with one attached hydrogen (secondary N) is 2. The highest BCUT2D eigenvalue weighted by molar-refractivity contribution is 5.66. The fourth-order valence-electron chi connectivity index (χ4n) is 2.29. The summed E-state index contributed by atoms with van der Waals surface area (Å²) in [5.74, 6) is 0. The number of rotatable bonds is 2. The van der Waals surface area contributed by atoms with E-state index >= 15 is 0 Å². The summed E-state index contributed by atoms with van der Waals surface area (Å²) in [6.45, 7) is 1.05. The number of fused-ring (bicyclic) bond motifs is 1.